The third kappa shape index (κ3) is 2.47. The molecular weight excluding hydrogens is 178 g/mol. The van der Waals surface area contributed by atoms with Gasteiger partial charge < -0.3 is 4.74 Å². The summed E-state index contributed by atoms with van der Waals surface area (Å²) in [6.07, 6.45) is 3.21. The Labute approximate surface area is 85.1 Å². The molecule has 1 aliphatic rings. The molecule has 14 heavy (non-hydrogen) atoms. The lowest BCUT2D eigenvalue weighted by Gasteiger charge is -2.30. The second kappa shape index (κ2) is 4.45. The van der Waals surface area contributed by atoms with E-state index in [1.807, 2.05) is 13.8 Å². The van der Waals surface area contributed by atoms with Crippen LogP contribution >= 0.6 is 0 Å². The van der Waals surface area contributed by atoms with Gasteiger partial charge in [-0.2, -0.15) is 5.26 Å². The molecule has 1 saturated carbocycles. The van der Waals surface area contributed by atoms with Gasteiger partial charge in [-0.25, -0.2) is 0 Å². The molecule has 0 amide bonds. The van der Waals surface area contributed by atoms with E-state index >= 15 is 0 Å². The van der Waals surface area contributed by atoms with Gasteiger partial charge in [0.15, 0.2) is 0 Å². The summed E-state index contributed by atoms with van der Waals surface area (Å²) in [4.78, 5) is 11.4. The van der Waals surface area contributed by atoms with Gasteiger partial charge in [0.1, 0.15) is 0 Å². The molecule has 0 unspecified atom stereocenters. The van der Waals surface area contributed by atoms with Crippen LogP contribution < -0.4 is 0 Å². The number of hydrogen-bond acceptors (Lipinski definition) is 3. The molecule has 0 aliphatic heterocycles. The maximum absolute atomic E-state index is 11.4. The van der Waals surface area contributed by atoms with Crippen LogP contribution in [0, 0.1) is 22.7 Å². The second-order valence-electron chi connectivity index (χ2n) is 4.20. The van der Waals surface area contributed by atoms with E-state index in [1.54, 1.807) is 0 Å². The van der Waals surface area contributed by atoms with Crippen molar-refractivity contribution in [3.63, 3.8) is 0 Å². The SMILES string of the molecule is CCOC(=O)C1CCC(C)(C#N)CC1. The number of nitrogens with zero attached hydrogens (tertiary/aromatic N) is 1. The summed E-state index contributed by atoms with van der Waals surface area (Å²) in [6.45, 7) is 4.24. The Kier molecular flexibility index (Phi) is 3.51. The lowest BCUT2D eigenvalue weighted by Crippen LogP contribution is -2.28. The van der Waals surface area contributed by atoms with Crippen molar-refractivity contribution in [3.8, 4) is 6.07 Å². The Balaban J connectivity index is 2.44. The topological polar surface area (TPSA) is 50.1 Å². The Morgan fingerprint density at radius 1 is 1.57 bits per heavy atom. The third-order valence-corrected chi connectivity index (χ3v) is 2.98. The molecule has 1 rings (SSSR count). The molecule has 0 aromatic carbocycles. The average Bonchev–Trinajstić information content (AvgIpc) is 2.19. The summed E-state index contributed by atoms with van der Waals surface area (Å²) in [5, 5.41) is 8.91. The van der Waals surface area contributed by atoms with Crippen LogP contribution in [0.15, 0.2) is 0 Å². The molecule has 1 aliphatic carbocycles. The van der Waals surface area contributed by atoms with E-state index in [4.69, 9.17) is 10.00 Å². The summed E-state index contributed by atoms with van der Waals surface area (Å²) in [5.41, 5.74) is -0.219. The fourth-order valence-electron chi connectivity index (χ4n) is 1.86. The van der Waals surface area contributed by atoms with Crippen LogP contribution in [0.1, 0.15) is 39.5 Å². The van der Waals surface area contributed by atoms with Crippen molar-refractivity contribution >= 4 is 5.97 Å². The van der Waals surface area contributed by atoms with Crippen LogP contribution in [-0.2, 0) is 9.53 Å². The van der Waals surface area contributed by atoms with Crippen molar-refractivity contribution in [2.75, 3.05) is 6.61 Å². The van der Waals surface area contributed by atoms with Crippen molar-refractivity contribution in [3.05, 3.63) is 0 Å². The largest absolute Gasteiger partial charge is 0.466 e. The van der Waals surface area contributed by atoms with Gasteiger partial charge in [0.2, 0.25) is 0 Å². The molecule has 0 aromatic heterocycles. The van der Waals surface area contributed by atoms with Crippen molar-refractivity contribution in [1.82, 2.24) is 0 Å². The van der Waals surface area contributed by atoms with Crippen molar-refractivity contribution < 1.29 is 9.53 Å². The van der Waals surface area contributed by atoms with Gasteiger partial charge in [-0.1, -0.05) is 0 Å². The van der Waals surface area contributed by atoms with Gasteiger partial charge in [-0.15, -0.1) is 0 Å². The van der Waals surface area contributed by atoms with E-state index in [1.165, 1.54) is 0 Å². The van der Waals surface area contributed by atoms with E-state index in [9.17, 15) is 4.79 Å². The van der Waals surface area contributed by atoms with Gasteiger partial charge in [0.05, 0.1) is 24.0 Å². The number of carbonyl (C=O) groups excluding carboxylic acids is 1. The minimum Gasteiger partial charge on any atom is -0.466 e. The monoisotopic (exact) mass is 195 g/mol. The van der Waals surface area contributed by atoms with E-state index in [2.05, 4.69) is 6.07 Å². The van der Waals surface area contributed by atoms with Crippen LogP contribution in [0.5, 0.6) is 0 Å². The number of rotatable bonds is 2. The quantitative estimate of drug-likeness (QED) is 0.635. The lowest BCUT2D eigenvalue weighted by atomic mass is 9.73. The summed E-state index contributed by atoms with van der Waals surface area (Å²) < 4.78 is 4.96. The second-order valence-corrected chi connectivity index (χ2v) is 4.20. The third-order valence-electron chi connectivity index (χ3n) is 2.98. The molecule has 78 valence electrons. The van der Waals surface area contributed by atoms with Crippen LogP contribution in [0.3, 0.4) is 0 Å². The molecule has 0 N–H and O–H groups in total. The maximum Gasteiger partial charge on any atom is 0.308 e. The van der Waals surface area contributed by atoms with E-state index in [0.29, 0.717) is 6.61 Å². The molecule has 0 bridgehead atoms. The van der Waals surface area contributed by atoms with Gasteiger partial charge in [-0.3, -0.25) is 4.79 Å². The molecule has 0 radical (unpaired) electrons. The van der Waals surface area contributed by atoms with Crippen LogP contribution in [0.2, 0.25) is 0 Å². The minimum atomic E-state index is -0.219. The predicted octanol–water partition coefficient (Wildman–Crippen LogP) is 2.27. The van der Waals surface area contributed by atoms with Gasteiger partial charge >= 0.3 is 5.97 Å². The maximum atomic E-state index is 11.4. The Morgan fingerprint density at radius 3 is 2.57 bits per heavy atom. The zero-order valence-electron chi connectivity index (χ0n) is 8.88. The normalized spacial score (nSPS) is 31.9. The van der Waals surface area contributed by atoms with Crippen LogP contribution in [0.25, 0.3) is 0 Å². The van der Waals surface area contributed by atoms with Crippen molar-refractivity contribution in [2.24, 2.45) is 11.3 Å². The Bertz CT molecular complexity index is 247. The number of esters is 1. The molecular formula is C11H17NO2. The molecule has 3 heteroatoms. The van der Waals surface area contributed by atoms with Crippen molar-refractivity contribution in [1.29, 1.82) is 5.26 Å². The smallest absolute Gasteiger partial charge is 0.308 e. The van der Waals surface area contributed by atoms with Gasteiger partial charge in [0, 0.05) is 0 Å². The minimum absolute atomic E-state index is 0.0244. The highest BCUT2D eigenvalue weighted by Crippen LogP contribution is 2.38. The molecule has 0 saturated heterocycles. The lowest BCUT2D eigenvalue weighted by molar-refractivity contribution is -0.149. The first-order valence-corrected chi connectivity index (χ1v) is 5.19. The van der Waals surface area contributed by atoms with Gasteiger partial charge in [-0.05, 0) is 39.5 Å². The fraction of sp³-hybridized carbons (Fsp3) is 0.818. The molecule has 1 fully saturated rings. The first-order valence-electron chi connectivity index (χ1n) is 5.19. The summed E-state index contributed by atoms with van der Waals surface area (Å²) in [5.74, 6) is -0.0659. The molecule has 0 heterocycles. The first-order chi connectivity index (χ1) is 6.61. The number of carbonyl (C=O) groups is 1. The highest BCUT2D eigenvalue weighted by molar-refractivity contribution is 5.72. The Hall–Kier alpha value is -1.04. The first kappa shape index (κ1) is 11.0. The van der Waals surface area contributed by atoms with Gasteiger partial charge in [0.25, 0.3) is 0 Å². The Morgan fingerprint density at radius 2 is 2.14 bits per heavy atom. The number of ether oxygens (including phenoxy) is 1. The zero-order valence-corrected chi connectivity index (χ0v) is 8.88. The van der Waals surface area contributed by atoms with E-state index in [0.717, 1.165) is 25.7 Å². The highest BCUT2D eigenvalue weighted by Gasteiger charge is 2.34. The number of nitriles is 1. The average molecular weight is 195 g/mol. The zero-order chi connectivity index (χ0) is 10.6. The van der Waals surface area contributed by atoms with Crippen LogP contribution in [-0.4, -0.2) is 12.6 Å². The summed E-state index contributed by atoms with van der Waals surface area (Å²) in [6, 6.07) is 2.32. The predicted molar refractivity (Wildman–Crippen MR) is 52.3 cm³/mol. The molecule has 0 aromatic rings. The molecule has 0 spiro atoms. The summed E-state index contributed by atoms with van der Waals surface area (Å²) >= 11 is 0. The highest BCUT2D eigenvalue weighted by atomic mass is 16.5. The van der Waals surface area contributed by atoms with E-state index < -0.39 is 0 Å². The van der Waals surface area contributed by atoms with E-state index in [-0.39, 0.29) is 17.3 Å². The summed E-state index contributed by atoms with van der Waals surface area (Å²) in [7, 11) is 0. The standard InChI is InChI=1S/C11H17NO2/c1-3-14-10(13)9-4-6-11(2,8-12)7-5-9/h9H,3-7H2,1-2H3. The molecule has 0 atom stereocenters. The number of hydrogen-bond donors (Lipinski definition) is 0. The van der Waals surface area contributed by atoms with Crippen molar-refractivity contribution in [2.45, 2.75) is 39.5 Å². The van der Waals surface area contributed by atoms with Crippen LogP contribution in [0.4, 0.5) is 0 Å². The molecule has 3 nitrogen and oxygen atoms in total. The fourth-order valence-corrected chi connectivity index (χ4v) is 1.86.